The largest absolute Gasteiger partial charge is 0.439 e. The summed E-state index contributed by atoms with van der Waals surface area (Å²) >= 11 is 11.3. The molecule has 0 aliphatic rings. The number of alkyl halides is 6. The van der Waals surface area contributed by atoms with Gasteiger partial charge in [0.05, 0.1) is 15.7 Å². The molecular formula is C17H8Cl2F8N2O4. The van der Waals surface area contributed by atoms with E-state index in [2.05, 4.69) is 9.57 Å². The average Bonchev–Trinajstić information content (AvgIpc) is 2.67. The zero-order chi connectivity index (χ0) is 25.1. The third-order valence-corrected chi connectivity index (χ3v) is 4.12. The van der Waals surface area contributed by atoms with Gasteiger partial charge >= 0.3 is 18.4 Å². The second kappa shape index (κ2) is 9.87. The van der Waals surface area contributed by atoms with Crippen molar-refractivity contribution in [1.82, 2.24) is 5.32 Å². The Morgan fingerprint density at radius 3 is 2.09 bits per heavy atom. The summed E-state index contributed by atoms with van der Waals surface area (Å²) < 4.78 is 107. The monoisotopic (exact) mass is 526 g/mol. The van der Waals surface area contributed by atoms with Crippen LogP contribution in [-0.4, -0.2) is 30.5 Å². The van der Waals surface area contributed by atoms with Crippen LogP contribution in [0.5, 0.6) is 5.75 Å². The molecular weight excluding hydrogens is 519 g/mol. The molecule has 0 radical (unpaired) electrons. The summed E-state index contributed by atoms with van der Waals surface area (Å²) in [5, 5.41) is 0.0266. The van der Waals surface area contributed by atoms with Gasteiger partial charge in [0.1, 0.15) is 22.9 Å². The number of nitrogens with one attached hydrogen (secondary N) is 2. The van der Waals surface area contributed by atoms with Gasteiger partial charge in [-0.2, -0.15) is 22.0 Å². The Labute approximate surface area is 188 Å². The summed E-state index contributed by atoms with van der Waals surface area (Å²) in [6.45, 7) is 0. The van der Waals surface area contributed by atoms with Gasteiger partial charge in [0.25, 0.3) is 12.1 Å². The van der Waals surface area contributed by atoms with E-state index in [9.17, 15) is 44.7 Å². The van der Waals surface area contributed by atoms with E-state index >= 15 is 0 Å². The summed E-state index contributed by atoms with van der Waals surface area (Å²) in [5.74, 6) is -5.23. The molecule has 16 heteroatoms. The minimum atomic E-state index is -5.94. The minimum absolute atomic E-state index is 0.449. The summed E-state index contributed by atoms with van der Waals surface area (Å²) in [4.78, 5) is 27.8. The van der Waals surface area contributed by atoms with Crippen molar-refractivity contribution in [3.05, 3.63) is 57.6 Å². The number of hydrogen-bond donors (Lipinski definition) is 2. The topological polar surface area (TPSA) is 76.7 Å². The van der Waals surface area contributed by atoms with Crippen molar-refractivity contribution in [2.45, 2.75) is 18.5 Å². The van der Waals surface area contributed by atoms with Crippen molar-refractivity contribution in [2.24, 2.45) is 0 Å². The Bertz CT molecular complexity index is 1050. The molecule has 2 aromatic rings. The molecule has 2 amide bonds. The Hall–Kier alpha value is -3.00. The lowest BCUT2D eigenvalue weighted by Gasteiger charge is -2.23. The highest BCUT2D eigenvalue weighted by Crippen LogP contribution is 2.41. The average molecular weight is 527 g/mol. The van der Waals surface area contributed by atoms with Crippen LogP contribution >= 0.6 is 23.2 Å². The quantitative estimate of drug-likeness (QED) is 0.354. The number of halogens is 10. The summed E-state index contributed by atoms with van der Waals surface area (Å²) in [7, 11) is 0. The number of anilines is 1. The van der Waals surface area contributed by atoms with Gasteiger partial charge < -0.3 is 9.57 Å². The first kappa shape index (κ1) is 26.3. The molecule has 2 N–H and O–H groups in total. The number of amides is 2. The molecule has 180 valence electrons. The second-order valence-corrected chi connectivity index (χ2v) is 6.69. The minimum Gasteiger partial charge on any atom is -0.428 e. The molecule has 2 aromatic carbocycles. The molecule has 0 bridgehead atoms. The highest BCUT2D eigenvalue weighted by molar-refractivity contribution is 6.36. The number of hydrogen-bond acceptors (Lipinski definition) is 5. The fourth-order valence-electron chi connectivity index (χ4n) is 2.07. The standard InChI is InChI=1S/C17H8Cl2F8N2O4/c18-6-5-11(32-17(26,27)14(22)16(23,24)25)7(19)4-10(6)29-33-15(31)28-13(30)12-8(20)2-1-3-9(12)21/h1-5,14,29H,(H,28,30,31). The molecule has 0 fully saturated rings. The normalized spacial score (nSPS) is 12.7. The number of ether oxygens (including phenoxy) is 1. The van der Waals surface area contributed by atoms with E-state index < -0.39 is 69.1 Å². The van der Waals surface area contributed by atoms with Crippen LogP contribution in [0.15, 0.2) is 30.3 Å². The maximum Gasteiger partial charge on any atom is 0.439 e. The van der Waals surface area contributed by atoms with Crippen molar-refractivity contribution >= 4 is 40.9 Å². The Morgan fingerprint density at radius 1 is 0.970 bits per heavy atom. The molecule has 0 saturated carbocycles. The van der Waals surface area contributed by atoms with Gasteiger partial charge in [-0.25, -0.2) is 23.4 Å². The molecule has 0 saturated heterocycles. The first-order valence-corrected chi connectivity index (χ1v) is 8.88. The zero-order valence-corrected chi connectivity index (χ0v) is 16.9. The Kier molecular flexibility index (Phi) is 7.85. The highest BCUT2D eigenvalue weighted by atomic mass is 35.5. The van der Waals surface area contributed by atoms with Crippen molar-refractivity contribution in [1.29, 1.82) is 0 Å². The van der Waals surface area contributed by atoms with E-state index in [1.54, 1.807) is 0 Å². The maximum absolute atomic E-state index is 13.5. The van der Waals surface area contributed by atoms with Gasteiger partial charge in [-0.05, 0) is 18.2 Å². The van der Waals surface area contributed by atoms with Crippen LogP contribution in [0.25, 0.3) is 0 Å². The summed E-state index contributed by atoms with van der Waals surface area (Å²) in [6, 6.07) is 3.55. The van der Waals surface area contributed by atoms with E-state index in [4.69, 9.17) is 23.2 Å². The molecule has 6 nitrogen and oxygen atoms in total. The Morgan fingerprint density at radius 2 is 1.55 bits per heavy atom. The number of carbonyl (C=O) groups excluding carboxylic acids is 2. The third kappa shape index (κ3) is 6.51. The number of carbonyl (C=O) groups is 2. The molecule has 1 atom stereocenters. The van der Waals surface area contributed by atoms with Crippen molar-refractivity contribution < 1.29 is 54.3 Å². The fourth-order valence-corrected chi connectivity index (χ4v) is 2.47. The van der Waals surface area contributed by atoms with Gasteiger partial charge in [0.15, 0.2) is 0 Å². The van der Waals surface area contributed by atoms with Crippen LogP contribution in [0.4, 0.5) is 45.6 Å². The predicted molar refractivity (Wildman–Crippen MR) is 96.9 cm³/mol. The maximum atomic E-state index is 13.5. The van der Waals surface area contributed by atoms with E-state index in [0.29, 0.717) is 12.1 Å². The number of imide groups is 1. The molecule has 0 aliphatic heterocycles. The van der Waals surface area contributed by atoms with Crippen LogP contribution in [0.1, 0.15) is 10.4 Å². The first-order valence-electron chi connectivity index (χ1n) is 8.12. The van der Waals surface area contributed by atoms with Crippen LogP contribution in [0.3, 0.4) is 0 Å². The summed E-state index contributed by atoms with van der Waals surface area (Å²) in [6.07, 6.45) is -17.6. The van der Waals surface area contributed by atoms with Crippen LogP contribution in [-0.2, 0) is 4.84 Å². The molecule has 2 rings (SSSR count). The van der Waals surface area contributed by atoms with E-state index in [1.165, 1.54) is 5.32 Å². The van der Waals surface area contributed by atoms with E-state index in [-0.39, 0.29) is 0 Å². The van der Waals surface area contributed by atoms with Gasteiger partial charge in [-0.15, -0.1) is 0 Å². The van der Waals surface area contributed by atoms with Gasteiger partial charge in [-0.3, -0.25) is 10.1 Å². The Balaban J connectivity index is 2.07. The fraction of sp³-hybridized carbons (Fsp3) is 0.176. The molecule has 0 aliphatic carbocycles. The molecule has 0 aromatic heterocycles. The van der Waals surface area contributed by atoms with Crippen molar-refractivity contribution in [3.63, 3.8) is 0 Å². The van der Waals surface area contributed by atoms with Crippen LogP contribution < -0.4 is 15.5 Å². The smallest absolute Gasteiger partial charge is 0.428 e. The molecule has 33 heavy (non-hydrogen) atoms. The van der Waals surface area contributed by atoms with E-state index in [0.717, 1.165) is 18.2 Å². The lowest BCUT2D eigenvalue weighted by molar-refractivity contribution is -0.304. The predicted octanol–water partition coefficient (Wildman–Crippen LogP) is 6.04. The number of rotatable bonds is 6. The lowest BCUT2D eigenvalue weighted by atomic mass is 10.2. The lowest BCUT2D eigenvalue weighted by Crippen LogP contribution is -2.45. The van der Waals surface area contributed by atoms with Crippen molar-refractivity contribution in [3.8, 4) is 5.75 Å². The first-order chi connectivity index (χ1) is 15.1. The third-order valence-electron chi connectivity index (χ3n) is 3.51. The van der Waals surface area contributed by atoms with Crippen LogP contribution in [0.2, 0.25) is 10.0 Å². The second-order valence-electron chi connectivity index (χ2n) is 5.87. The summed E-state index contributed by atoms with van der Waals surface area (Å²) in [5.41, 5.74) is 0.263. The van der Waals surface area contributed by atoms with Crippen molar-refractivity contribution in [2.75, 3.05) is 5.48 Å². The number of benzene rings is 2. The molecule has 0 heterocycles. The molecule has 0 spiro atoms. The van der Waals surface area contributed by atoms with E-state index in [1.807, 2.05) is 5.48 Å². The molecule has 1 unspecified atom stereocenters. The van der Waals surface area contributed by atoms with Gasteiger partial charge in [0, 0.05) is 6.07 Å². The highest BCUT2D eigenvalue weighted by Gasteiger charge is 2.59. The zero-order valence-electron chi connectivity index (χ0n) is 15.4. The SMILES string of the molecule is O=C(NC(=O)c1c(F)cccc1F)ONc1cc(Cl)c(OC(F)(F)C(F)C(F)(F)F)cc1Cl. The van der Waals surface area contributed by atoms with Gasteiger partial charge in [-0.1, -0.05) is 29.3 Å². The van der Waals surface area contributed by atoms with Crippen LogP contribution in [0, 0.1) is 11.6 Å². The van der Waals surface area contributed by atoms with Gasteiger partial charge in [0.2, 0.25) is 0 Å².